The number of alkyl halides is 4. The first-order valence-electron chi connectivity index (χ1n) is 11.6. The second-order valence-electron chi connectivity index (χ2n) is 9.20. The first-order chi connectivity index (χ1) is 17.1. The largest absolute Gasteiger partial charge is 0.452 e. The Kier molecular flexibility index (Phi) is 10.2. The van der Waals surface area contributed by atoms with Gasteiger partial charge in [0.2, 0.25) is 0 Å². The summed E-state index contributed by atoms with van der Waals surface area (Å²) < 4.78 is 67.6. The SMILES string of the molecule is CC(F)(F)C(=O)OCC(=O)OC1C(=O)C2CCC1C2.CC(F)(F)C(=O)OCC(=O)OC1CCCCC1=O. The molecule has 4 unspecified atom stereocenters. The molecule has 0 aromatic rings. The topological polar surface area (TPSA) is 139 Å². The summed E-state index contributed by atoms with van der Waals surface area (Å²) in [5, 5.41) is 0. The summed E-state index contributed by atoms with van der Waals surface area (Å²) in [5.41, 5.74) is 0. The Hall–Kier alpha value is -3.06. The van der Waals surface area contributed by atoms with Crippen LogP contribution in [0.5, 0.6) is 0 Å². The highest BCUT2D eigenvalue weighted by atomic mass is 19.3. The van der Waals surface area contributed by atoms with Gasteiger partial charge in [0.15, 0.2) is 37.0 Å². The maximum Gasteiger partial charge on any atom is 0.377 e. The molecule has 0 aromatic heterocycles. The van der Waals surface area contributed by atoms with Crippen LogP contribution in [0.25, 0.3) is 0 Å². The molecule has 10 nitrogen and oxygen atoms in total. The van der Waals surface area contributed by atoms with Crippen molar-refractivity contribution in [1.82, 2.24) is 0 Å². The highest BCUT2D eigenvalue weighted by molar-refractivity contribution is 5.91. The van der Waals surface area contributed by atoms with Crippen molar-refractivity contribution in [3.63, 3.8) is 0 Å². The average molecular weight is 540 g/mol. The van der Waals surface area contributed by atoms with Crippen LogP contribution in [0.3, 0.4) is 0 Å². The van der Waals surface area contributed by atoms with Crippen LogP contribution in [0.1, 0.15) is 58.8 Å². The zero-order chi connectivity index (χ0) is 28.0. The fraction of sp³-hybridized carbons (Fsp3) is 0.739. The minimum atomic E-state index is -3.65. The van der Waals surface area contributed by atoms with E-state index < -0.39 is 61.1 Å². The number of rotatable bonds is 8. The van der Waals surface area contributed by atoms with Crippen molar-refractivity contribution in [2.45, 2.75) is 82.8 Å². The van der Waals surface area contributed by atoms with Crippen LogP contribution in [-0.4, -0.2) is 72.7 Å². The van der Waals surface area contributed by atoms with Gasteiger partial charge in [-0.1, -0.05) is 0 Å². The van der Waals surface area contributed by atoms with Gasteiger partial charge in [-0.3, -0.25) is 9.59 Å². The normalized spacial score (nSPS) is 25.0. The Morgan fingerprint density at radius 1 is 0.811 bits per heavy atom. The van der Waals surface area contributed by atoms with E-state index in [9.17, 15) is 46.3 Å². The van der Waals surface area contributed by atoms with Gasteiger partial charge in [0, 0.05) is 32.1 Å². The highest BCUT2D eigenvalue weighted by Crippen LogP contribution is 2.43. The number of halogens is 4. The zero-order valence-corrected chi connectivity index (χ0v) is 20.3. The van der Waals surface area contributed by atoms with Crippen molar-refractivity contribution >= 4 is 35.4 Å². The molecule has 2 bridgehead atoms. The van der Waals surface area contributed by atoms with Crippen molar-refractivity contribution in [2.24, 2.45) is 11.8 Å². The molecule has 0 amide bonds. The van der Waals surface area contributed by atoms with Crippen molar-refractivity contribution in [1.29, 1.82) is 0 Å². The Morgan fingerprint density at radius 3 is 1.81 bits per heavy atom. The van der Waals surface area contributed by atoms with E-state index >= 15 is 0 Å². The predicted octanol–water partition coefficient (Wildman–Crippen LogP) is 2.34. The lowest BCUT2D eigenvalue weighted by atomic mass is 9.96. The lowest BCUT2D eigenvalue weighted by Gasteiger charge is -2.20. The molecule has 3 aliphatic carbocycles. The van der Waals surface area contributed by atoms with Crippen molar-refractivity contribution in [3.05, 3.63) is 0 Å². The standard InChI is InChI=1S/C12H14F2O5.C11H14F2O5/c1-12(13,14)11(17)18-5-8(15)19-10-7-3-2-6(4-7)9(10)16;1-11(12,13)10(16)17-6-9(15)18-8-5-3-2-4-7(8)14/h6-7,10H,2-5H2,1H3;8H,2-6H2,1H3. The number of ketones is 2. The molecule has 0 heterocycles. The molecule has 4 atom stereocenters. The maximum absolute atomic E-state index is 12.5. The summed E-state index contributed by atoms with van der Waals surface area (Å²) in [5.74, 6) is -13.2. The van der Waals surface area contributed by atoms with Crippen molar-refractivity contribution in [3.8, 4) is 0 Å². The number of carbonyl (C=O) groups excluding carboxylic acids is 6. The molecule has 3 rings (SSSR count). The molecule has 0 aliphatic heterocycles. The monoisotopic (exact) mass is 540 g/mol. The third-order valence-electron chi connectivity index (χ3n) is 5.97. The molecule has 3 saturated carbocycles. The van der Waals surface area contributed by atoms with E-state index in [4.69, 9.17) is 9.47 Å². The van der Waals surface area contributed by atoms with E-state index in [0.29, 0.717) is 33.1 Å². The van der Waals surface area contributed by atoms with Gasteiger partial charge in [-0.15, -0.1) is 0 Å². The molecule has 0 aromatic carbocycles. The Bertz CT molecular complexity index is 908. The Balaban J connectivity index is 0.000000261. The number of Topliss-reactive ketones (excluding diaryl/α,β-unsaturated/α-hetero) is 2. The fourth-order valence-electron chi connectivity index (χ4n) is 4.12. The number of esters is 4. The summed E-state index contributed by atoms with van der Waals surface area (Å²) in [6, 6.07) is 0. The molecular formula is C23H28F4O10. The van der Waals surface area contributed by atoms with E-state index in [2.05, 4.69) is 9.47 Å². The lowest BCUT2D eigenvalue weighted by Crippen LogP contribution is -2.35. The van der Waals surface area contributed by atoms with Crippen LogP contribution in [-0.2, 0) is 47.7 Å². The zero-order valence-electron chi connectivity index (χ0n) is 20.3. The van der Waals surface area contributed by atoms with Gasteiger partial charge in [0.05, 0.1) is 0 Å². The molecule has 0 spiro atoms. The van der Waals surface area contributed by atoms with Crippen LogP contribution >= 0.6 is 0 Å². The quantitative estimate of drug-likeness (QED) is 0.256. The molecule has 3 fully saturated rings. The molecule has 0 N–H and O–H groups in total. The van der Waals surface area contributed by atoms with Gasteiger partial charge in [-0.2, -0.15) is 17.6 Å². The van der Waals surface area contributed by atoms with Gasteiger partial charge in [0.1, 0.15) is 0 Å². The van der Waals surface area contributed by atoms with Gasteiger partial charge < -0.3 is 18.9 Å². The first kappa shape index (κ1) is 30.2. The number of fused-ring (bicyclic) bond motifs is 2. The average Bonchev–Trinajstić information content (AvgIpc) is 3.39. The molecule has 37 heavy (non-hydrogen) atoms. The lowest BCUT2D eigenvalue weighted by molar-refractivity contribution is -0.178. The van der Waals surface area contributed by atoms with E-state index in [0.717, 1.165) is 25.7 Å². The van der Waals surface area contributed by atoms with E-state index in [1.54, 1.807) is 0 Å². The third kappa shape index (κ3) is 9.08. The van der Waals surface area contributed by atoms with Gasteiger partial charge in [0.25, 0.3) is 0 Å². The van der Waals surface area contributed by atoms with E-state index in [1.807, 2.05) is 0 Å². The summed E-state index contributed by atoms with van der Waals surface area (Å²) in [6.45, 7) is -1.07. The van der Waals surface area contributed by atoms with E-state index in [1.165, 1.54) is 0 Å². The first-order valence-corrected chi connectivity index (χ1v) is 11.6. The Morgan fingerprint density at radius 2 is 1.35 bits per heavy atom. The molecule has 3 aliphatic rings. The molecule has 0 radical (unpaired) electrons. The summed E-state index contributed by atoms with van der Waals surface area (Å²) in [6.07, 6.45) is 2.98. The second-order valence-corrected chi connectivity index (χ2v) is 9.20. The smallest absolute Gasteiger partial charge is 0.377 e. The van der Waals surface area contributed by atoms with Crippen LogP contribution in [0, 0.1) is 11.8 Å². The maximum atomic E-state index is 12.5. The minimum absolute atomic E-state index is 0.0183. The molecule has 208 valence electrons. The number of ether oxygens (including phenoxy) is 4. The van der Waals surface area contributed by atoms with Crippen LogP contribution in [0.4, 0.5) is 17.6 Å². The van der Waals surface area contributed by atoms with Crippen molar-refractivity contribution < 1.29 is 65.3 Å². The summed E-state index contributed by atoms with van der Waals surface area (Å²) in [7, 11) is 0. The van der Waals surface area contributed by atoms with Crippen LogP contribution in [0.15, 0.2) is 0 Å². The number of carbonyl (C=O) groups is 6. The minimum Gasteiger partial charge on any atom is -0.452 e. The number of hydrogen-bond acceptors (Lipinski definition) is 10. The van der Waals surface area contributed by atoms with Crippen molar-refractivity contribution in [2.75, 3.05) is 13.2 Å². The molecular weight excluding hydrogens is 512 g/mol. The number of hydrogen-bond donors (Lipinski definition) is 0. The third-order valence-corrected chi connectivity index (χ3v) is 5.97. The molecule has 0 saturated heterocycles. The predicted molar refractivity (Wildman–Crippen MR) is 112 cm³/mol. The van der Waals surface area contributed by atoms with Crippen LogP contribution < -0.4 is 0 Å². The van der Waals surface area contributed by atoms with Gasteiger partial charge in [-0.25, -0.2) is 19.2 Å². The van der Waals surface area contributed by atoms with Gasteiger partial charge >= 0.3 is 35.7 Å². The summed E-state index contributed by atoms with van der Waals surface area (Å²) in [4.78, 5) is 67.0. The second kappa shape index (κ2) is 12.5. The van der Waals surface area contributed by atoms with E-state index in [-0.39, 0.29) is 23.4 Å². The molecule has 14 heteroatoms. The highest BCUT2D eigenvalue weighted by Gasteiger charge is 2.49. The van der Waals surface area contributed by atoms with Gasteiger partial charge in [-0.05, 0) is 38.5 Å². The fourth-order valence-corrected chi connectivity index (χ4v) is 4.12. The Labute approximate surface area is 209 Å². The summed E-state index contributed by atoms with van der Waals surface area (Å²) >= 11 is 0. The van der Waals surface area contributed by atoms with Crippen LogP contribution in [0.2, 0.25) is 0 Å².